The Balaban J connectivity index is 1.94. The fourth-order valence-electron chi connectivity index (χ4n) is 2.23. The average Bonchev–Trinajstić information content (AvgIpc) is 2.90. The fourth-order valence-corrected chi connectivity index (χ4v) is 2.23. The molecule has 2 heterocycles. The van der Waals surface area contributed by atoms with Crippen LogP contribution in [0.1, 0.15) is 27.3 Å². The molecule has 0 spiro atoms. The van der Waals surface area contributed by atoms with E-state index in [9.17, 15) is 4.79 Å². The van der Waals surface area contributed by atoms with Gasteiger partial charge in [-0.15, -0.1) is 0 Å². The number of fused-ring (bicyclic) bond motifs is 1. The third-order valence-electron chi connectivity index (χ3n) is 3.41. The maximum atomic E-state index is 11.5. The van der Waals surface area contributed by atoms with Crippen molar-refractivity contribution in [2.24, 2.45) is 0 Å². The first-order valence-electron chi connectivity index (χ1n) is 6.65. The second kappa shape index (κ2) is 5.36. The number of carbonyl (C=O) groups is 1. The molecular weight excluding hydrogens is 266 g/mol. The van der Waals surface area contributed by atoms with Gasteiger partial charge in [0.25, 0.3) is 0 Å². The number of pyridine rings is 1. The number of nitrogens with zero attached hydrogens (tertiary/aromatic N) is 3. The number of ether oxygens (including phenoxy) is 1. The van der Waals surface area contributed by atoms with Crippen molar-refractivity contribution in [1.82, 2.24) is 14.6 Å². The highest BCUT2D eigenvalue weighted by atomic mass is 16.5. The Morgan fingerprint density at radius 3 is 2.86 bits per heavy atom. The first kappa shape index (κ1) is 13.3. The van der Waals surface area contributed by atoms with Gasteiger partial charge in [-0.05, 0) is 30.2 Å². The minimum absolute atomic E-state index is 0.374. The zero-order valence-corrected chi connectivity index (χ0v) is 11.9. The molecule has 3 rings (SSSR count). The summed E-state index contributed by atoms with van der Waals surface area (Å²) in [5, 5.41) is 4.43. The minimum Gasteiger partial charge on any atom is -0.465 e. The summed E-state index contributed by atoms with van der Waals surface area (Å²) in [6.45, 7) is 2.07. The van der Waals surface area contributed by atoms with Crippen molar-refractivity contribution in [3.8, 4) is 0 Å². The van der Waals surface area contributed by atoms with Gasteiger partial charge in [0.2, 0.25) is 0 Å². The van der Waals surface area contributed by atoms with E-state index in [0.717, 1.165) is 5.82 Å². The van der Waals surface area contributed by atoms with Crippen LogP contribution in [0.25, 0.3) is 5.65 Å². The number of aryl methyl sites for hydroxylation is 1. The summed E-state index contributed by atoms with van der Waals surface area (Å²) < 4.78 is 6.37. The van der Waals surface area contributed by atoms with Crippen molar-refractivity contribution in [1.29, 1.82) is 0 Å². The van der Waals surface area contributed by atoms with Crippen LogP contribution in [0, 0.1) is 6.92 Å². The van der Waals surface area contributed by atoms with Crippen molar-refractivity contribution >= 4 is 11.6 Å². The molecule has 0 unspecified atom stereocenters. The topological polar surface area (TPSA) is 56.5 Å². The van der Waals surface area contributed by atoms with Crippen molar-refractivity contribution in [2.45, 2.75) is 13.3 Å². The van der Waals surface area contributed by atoms with Crippen LogP contribution in [-0.4, -0.2) is 27.7 Å². The number of carbonyl (C=O) groups excluding carboxylic acids is 1. The summed E-state index contributed by atoms with van der Waals surface area (Å²) in [5.74, 6) is 0.354. The Hall–Kier alpha value is -2.69. The van der Waals surface area contributed by atoms with Gasteiger partial charge in [-0.2, -0.15) is 5.10 Å². The third kappa shape index (κ3) is 2.63. The largest absolute Gasteiger partial charge is 0.465 e. The van der Waals surface area contributed by atoms with E-state index in [-0.39, 0.29) is 5.97 Å². The van der Waals surface area contributed by atoms with E-state index < -0.39 is 0 Å². The number of aromatic nitrogens is 3. The molecule has 0 bridgehead atoms. The van der Waals surface area contributed by atoms with E-state index in [0.29, 0.717) is 17.6 Å². The molecule has 0 aliphatic heterocycles. The Labute approximate surface area is 122 Å². The van der Waals surface area contributed by atoms with Crippen LogP contribution >= 0.6 is 0 Å². The number of esters is 1. The molecule has 0 N–H and O–H groups in total. The van der Waals surface area contributed by atoms with Crippen LogP contribution in [0.2, 0.25) is 0 Å². The molecule has 2 aromatic heterocycles. The highest BCUT2D eigenvalue weighted by Crippen LogP contribution is 2.13. The molecule has 0 aliphatic rings. The predicted molar refractivity (Wildman–Crippen MR) is 78.3 cm³/mol. The van der Waals surface area contributed by atoms with Crippen LogP contribution in [0.3, 0.4) is 0 Å². The quantitative estimate of drug-likeness (QED) is 0.692. The SMILES string of the molecule is COC(=O)c1ccn2nc(Cc3ccccc3C)nc2c1. The van der Waals surface area contributed by atoms with Crippen molar-refractivity contribution < 1.29 is 9.53 Å². The van der Waals surface area contributed by atoms with Crippen molar-refractivity contribution in [3.63, 3.8) is 0 Å². The molecule has 5 heteroatoms. The monoisotopic (exact) mass is 281 g/mol. The van der Waals surface area contributed by atoms with Crippen LogP contribution in [0.5, 0.6) is 0 Å². The molecule has 21 heavy (non-hydrogen) atoms. The van der Waals surface area contributed by atoms with E-state index >= 15 is 0 Å². The Morgan fingerprint density at radius 1 is 1.29 bits per heavy atom. The lowest BCUT2D eigenvalue weighted by molar-refractivity contribution is 0.0600. The Bertz CT molecular complexity index is 808. The predicted octanol–water partition coefficient (Wildman–Crippen LogP) is 2.42. The second-order valence-electron chi connectivity index (χ2n) is 4.84. The first-order chi connectivity index (χ1) is 10.2. The van der Waals surface area contributed by atoms with Crippen LogP contribution < -0.4 is 0 Å². The zero-order chi connectivity index (χ0) is 14.8. The lowest BCUT2D eigenvalue weighted by atomic mass is 10.1. The molecular formula is C16H15N3O2. The number of hydrogen-bond acceptors (Lipinski definition) is 4. The molecule has 0 aliphatic carbocycles. The summed E-state index contributed by atoms with van der Waals surface area (Å²) in [5.41, 5.74) is 3.52. The van der Waals surface area contributed by atoms with Gasteiger partial charge in [-0.25, -0.2) is 14.3 Å². The maximum absolute atomic E-state index is 11.5. The molecule has 0 radical (unpaired) electrons. The van der Waals surface area contributed by atoms with Gasteiger partial charge in [0.1, 0.15) is 0 Å². The molecule has 0 fully saturated rings. The number of methoxy groups -OCH3 is 1. The number of benzene rings is 1. The van der Waals surface area contributed by atoms with Gasteiger partial charge in [0.05, 0.1) is 12.7 Å². The van der Waals surface area contributed by atoms with Gasteiger partial charge in [-0.3, -0.25) is 0 Å². The van der Waals surface area contributed by atoms with Crippen molar-refractivity contribution in [2.75, 3.05) is 7.11 Å². The lowest BCUT2D eigenvalue weighted by Gasteiger charge is -2.01. The third-order valence-corrected chi connectivity index (χ3v) is 3.41. The molecule has 3 aromatic rings. The van der Waals surface area contributed by atoms with Gasteiger partial charge in [0.15, 0.2) is 11.5 Å². The van der Waals surface area contributed by atoms with Gasteiger partial charge in [0, 0.05) is 12.6 Å². The molecule has 5 nitrogen and oxygen atoms in total. The summed E-state index contributed by atoms with van der Waals surface area (Å²) in [6.07, 6.45) is 2.39. The van der Waals surface area contributed by atoms with E-state index in [2.05, 4.69) is 29.1 Å². The van der Waals surface area contributed by atoms with Crippen LogP contribution in [-0.2, 0) is 11.2 Å². The van der Waals surface area contributed by atoms with Gasteiger partial charge < -0.3 is 4.74 Å². The first-order valence-corrected chi connectivity index (χ1v) is 6.65. The normalized spacial score (nSPS) is 10.8. The molecule has 106 valence electrons. The maximum Gasteiger partial charge on any atom is 0.338 e. The van der Waals surface area contributed by atoms with Crippen LogP contribution in [0.15, 0.2) is 42.6 Å². The molecule has 0 saturated carbocycles. The van der Waals surface area contributed by atoms with E-state index in [1.54, 1.807) is 22.8 Å². The van der Waals surface area contributed by atoms with E-state index in [4.69, 9.17) is 4.74 Å². The molecule has 0 atom stereocenters. The smallest absolute Gasteiger partial charge is 0.338 e. The lowest BCUT2D eigenvalue weighted by Crippen LogP contribution is -2.02. The van der Waals surface area contributed by atoms with E-state index in [1.807, 2.05) is 12.1 Å². The van der Waals surface area contributed by atoms with Gasteiger partial charge in [-0.1, -0.05) is 24.3 Å². The average molecular weight is 281 g/mol. The number of rotatable bonds is 3. The molecule has 0 amide bonds. The van der Waals surface area contributed by atoms with Crippen LogP contribution in [0.4, 0.5) is 0 Å². The summed E-state index contributed by atoms with van der Waals surface area (Å²) >= 11 is 0. The van der Waals surface area contributed by atoms with Crippen molar-refractivity contribution in [3.05, 3.63) is 65.1 Å². The van der Waals surface area contributed by atoms with E-state index in [1.165, 1.54) is 18.2 Å². The fraction of sp³-hybridized carbons (Fsp3) is 0.188. The Morgan fingerprint density at radius 2 is 2.10 bits per heavy atom. The number of hydrogen-bond donors (Lipinski definition) is 0. The highest BCUT2D eigenvalue weighted by molar-refractivity contribution is 5.90. The standard InChI is InChI=1S/C16H15N3O2/c1-11-5-3-4-6-12(11)9-14-17-15-10-13(16(20)21-2)7-8-19(15)18-14/h3-8,10H,9H2,1-2H3. The minimum atomic E-state index is -0.374. The molecule has 1 aromatic carbocycles. The summed E-state index contributed by atoms with van der Waals surface area (Å²) in [4.78, 5) is 16.0. The zero-order valence-electron chi connectivity index (χ0n) is 11.9. The highest BCUT2D eigenvalue weighted by Gasteiger charge is 2.10. The van der Waals surface area contributed by atoms with Gasteiger partial charge >= 0.3 is 5.97 Å². The Kier molecular flexibility index (Phi) is 3.39. The molecule has 0 saturated heterocycles. The second-order valence-corrected chi connectivity index (χ2v) is 4.84. The summed E-state index contributed by atoms with van der Waals surface area (Å²) in [7, 11) is 1.36. The summed E-state index contributed by atoms with van der Waals surface area (Å²) in [6, 6.07) is 11.5.